The maximum atomic E-state index is 12.4. The highest BCUT2D eigenvalue weighted by Gasteiger charge is 2.20. The van der Waals surface area contributed by atoms with Gasteiger partial charge in [0.15, 0.2) is 0 Å². The van der Waals surface area contributed by atoms with Crippen molar-refractivity contribution in [1.29, 1.82) is 0 Å². The summed E-state index contributed by atoms with van der Waals surface area (Å²) in [5.74, 6) is 0.531. The molecule has 0 fully saturated rings. The minimum Gasteiger partial charge on any atom is -0.351 e. The fourth-order valence-electron chi connectivity index (χ4n) is 2.67. The second kappa shape index (κ2) is 8.66. The predicted molar refractivity (Wildman–Crippen MR) is 103 cm³/mol. The van der Waals surface area contributed by atoms with Gasteiger partial charge in [-0.15, -0.1) is 0 Å². The Hall–Kier alpha value is -2.61. The van der Waals surface area contributed by atoms with Crippen LogP contribution in [0.4, 0.5) is 10.6 Å². The fourth-order valence-corrected chi connectivity index (χ4v) is 2.67. The van der Waals surface area contributed by atoms with Gasteiger partial charge in [0.1, 0.15) is 11.5 Å². The Labute approximate surface area is 154 Å². The molecule has 2 aromatic heterocycles. The van der Waals surface area contributed by atoms with Gasteiger partial charge in [-0.25, -0.2) is 9.78 Å². The lowest BCUT2D eigenvalue weighted by atomic mass is 10.2. The molecule has 0 aromatic carbocycles. The zero-order valence-corrected chi connectivity index (χ0v) is 16.2. The molecule has 142 valence electrons. The molecule has 2 heterocycles. The molecule has 0 atom stereocenters. The number of hydrogen-bond acceptors (Lipinski definition) is 4. The van der Waals surface area contributed by atoms with Crippen LogP contribution in [0.1, 0.15) is 29.9 Å². The minimum absolute atomic E-state index is 0.146. The van der Waals surface area contributed by atoms with Gasteiger partial charge >= 0.3 is 6.03 Å². The van der Waals surface area contributed by atoms with Crippen LogP contribution in [0.3, 0.4) is 0 Å². The largest absolute Gasteiger partial charge is 0.351 e. The van der Waals surface area contributed by atoms with Gasteiger partial charge in [0.05, 0.1) is 11.3 Å². The second-order valence-corrected chi connectivity index (χ2v) is 6.34. The first-order chi connectivity index (χ1) is 12.4. The molecule has 2 N–H and O–H groups in total. The third kappa shape index (κ3) is 4.32. The number of urea groups is 1. The quantitative estimate of drug-likeness (QED) is 0.781. The summed E-state index contributed by atoms with van der Waals surface area (Å²) in [7, 11) is 5.62. The number of hydrogen-bond donors (Lipinski definition) is 2. The lowest BCUT2D eigenvalue weighted by Gasteiger charge is -2.18. The second-order valence-electron chi connectivity index (χ2n) is 6.34. The molecular weight excluding hydrogens is 332 g/mol. The van der Waals surface area contributed by atoms with Gasteiger partial charge < -0.3 is 15.5 Å². The molecule has 2 rings (SSSR count). The molecule has 0 aliphatic carbocycles. The Balaban J connectivity index is 2.35. The number of pyridine rings is 1. The summed E-state index contributed by atoms with van der Waals surface area (Å²) in [4.78, 5) is 32.8. The van der Waals surface area contributed by atoms with Crippen molar-refractivity contribution in [1.82, 2.24) is 24.9 Å². The van der Waals surface area contributed by atoms with Gasteiger partial charge in [0, 0.05) is 32.9 Å². The number of likely N-dealkylation sites (N-methyl/N-ethyl adjacent to an activating group) is 1. The smallest absolute Gasteiger partial charge is 0.322 e. The maximum absolute atomic E-state index is 12.4. The van der Waals surface area contributed by atoms with Crippen molar-refractivity contribution in [3.8, 4) is 0 Å². The van der Waals surface area contributed by atoms with Crippen LogP contribution in [0.15, 0.2) is 18.3 Å². The Kier molecular flexibility index (Phi) is 6.57. The third-order valence-electron chi connectivity index (χ3n) is 4.05. The van der Waals surface area contributed by atoms with Crippen molar-refractivity contribution in [3.63, 3.8) is 0 Å². The maximum Gasteiger partial charge on any atom is 0.322 e. The number of fused-ring (bicyclic) bond motifs is 1. The Morgan fingerprint density at radius 1 is 1.15 bits per heavy atom. The van der Waals surface area contributed by atoms with E-state index in [1.54, 1.807) is 29.8 Å². The monoisotopic (exact) mass is 360 g/mol. The number of rotatable bonds is 7. The van der Waals surface area contributed by atoms with Crippen molar-refractivity contribution >= 4 is 23.4 Å². The average Bonchev–Trinajstić information content (AvgIpc) is 2.98. The van der Waals surface area contributed by atoms with Gasteiger partial charge in [-0.3, -0.25) is 14.1 Å². The third-order valence-corrected chi connectivity index (χ3v) is 4.05. The van der Waals surface area contributed by atoms with E-state index in [-0.39, 0.29) is 11.9 Å². The highest BCUT2D eigenvalue weighted by molar-refractivity contribution is 5.95. The number of aromatic nitrogens is 2. The van der Waals surface area contributed by atoms with Crippen LogP contribution < -0.4 is 15.5 Å². The summed E-state index contributed by atoms with van der Waals surface area (Å²) >= 11 is 0. The topological polar surface area (TPSA) is 82.0 Å². The summed E-state index contributed by atoms with van der Waals surface area (Å²) in [6.07, 6.45) is 2.42. The Morgan fingerprint density at radius 3 is 2.50 bits per heavy atom. The van der Waals surface area contributed by atoms with Crippen molar-refractivity contribution < 1.29 is 9.59 Å². The Bertz CT molecular complexity index is 783. The van der Waals surface area contributed by atoms with E-state index in [1.165, 1.54) is 4.90 Å². The summed E-state index contributed by atoms with van der Waals surface area (Å²) in [5, 5.41) is 5.69. The predicted octanol–water partition coefficient (Wildman–Crippen LogP) is 1.35. The normalized spacial score (nSPS) is 11.0. The first-order valence-corrected chi connectivity index (χ1v) is 8.84. The summed E-state index contributed by atoms with van der Waals surface area (Å²) in [6, 6.07) is 3.35. The van der Waals surface area contributed by atoms with Crippen molar-refractivity contribution in [2.75, 3.05) is 45.7 Å². The molecule has 8 heteroatoms. The molecule has 26 heavy (non-hydrogen) atoms. The van der Waals surface area contributed by atoms with E-state index >= 15 is 0 Å². The number of anilines is 1. The van der Waals surface area contributed by atoms with Gasteiger partial charge in [-0.2, -0.15) is 0 Å². The van der Waals surface area contributed by atoms with Gasteiger partial charge in [-0.05, 0) is 39.6 Å². The summed E-state index contributed by atoms with van der Waals surface area (Å²) in [6.45, 7) is 5.74. The molecule has 0 saturated heterocycles. The van der Waals surface area contributed by atoms with Crippen LogP contribution >= 0.6 is 0 Å². The van der Waals surface area contributed by atoms with E-state index in [2.05, 4.69) is 15.6 Å². The van der Waals surface area contributed by atoms with Crippen LogP contribution in [0.25, 0.3) is 5.65 Å². The lowest BCUT2D eigenvalue weighted by molar-refractivity contribution is 0.0950. The molecule has 0 aliphatic heterocycles. The number of carbonyl (C=O) groups excluding carboxylic acids is 2. The standard InChI is InChI=1S/C18H28N6O2/c1-6-14-17(23(5)18(26)19-7-2)24-12-13(8-9-15(24)21-14)16(25)20-10-11-22(3)4/h8-9,12H,6-7,10-11H2,1-5H3,(H,19,26)(H,20,25). The average molecular weight is 360 g/mol. The van der Waals surface area contributed by atoms with Gasteiger partial charge in [0.2, 0.25) is 0 Å². The number of aryl methyl sites for hydroxylation is 1. The van der Waals surface area contributed by atoms with E-state index < -0.39 is 0 Å². The number of imidazole rings is 1. The molecule has 3 amide bonds. The number of nitrogens with one attached hydrogen (secondary N) is 2. The van der Waals surface area contributed by atoms with E-state index in [4.69, 9.17) is 0 Å². The van der Waals surface area contributed by atoms with E-state index in [0.29, 0.717) is 36.5 Å². The van der Waals surface area contributed by atoms with Gasteiger partial charge in [0.25, 0.3) is 5.91 Å². The highest BCUT2D eigenvalue weighted by Crippen LogP contribution is 2.23. The molecule has 2 aromatic rings. The zero-order valence-electron chi connectivity index (χ0n) is 16.2. The van der Waals surface area contributed by atoms with Gasteiger partial charge in [-0.1, -0.05) is 6.92 Å². The Morgan fingerprint density at radius 2 is 1.88 bits per heavy atom. The van der Waals surface area contributed by atoms with Crippen molar-refractivity contribution in [3.05, 3.63) is 29.6 Å². The van der Waals surface area contributed by atoms with Crippen LogP contribution in [0.5, 0.6) is 0 Å². The van der Waals surface area contributed by atoms with E-state index in [1.807, 2.05) is 32.8 Å². The fraction of sp³-hybridized carbons (Fsp3) is 0.500. The molecule has 0 spiro atoms. The molecule has 8 nitrogen and oxygen atoms in total. The number of carbonyl (C=O) groups is 2. The van der Waals surface area contributed by atoms with E-state index in [0.717, 1.165) is 12.2 Å². The number of amides is 3. The van der Waals surface area contributed by atoms with Crippen LogP contribution in [0, 0.1) is 0 Å². The van der Waals surface area contributed by atoms with Crippen LogP contribution in [-0.2, 0) is 6.42 Å². The molecule has 0 bridgehead atoms. The molecule has 0 aliphatic rings. The minimum atomic E-state index is -0.204. The van der Waals surface area contributed by atoms with Crippen molar-refractivity contribution in [2.24, 2.45) is 0 Å². The first-order valence-electron chi connectivity index (χ1n) is 8.84. The van der Waals surface area contributed by atoms with E-state index in [9.17, 15) is 9.59 Å². The zero-order chi connectivity index (χ0) is 19.3. The highest BCUT2D eigenvalue weighted by atomic mass is 16.2. The molecule has 0 saturated carbocycles. The molecule has 0 unspecified atom stereocenters. The molecular formula is C18H28N6O2. The number of nitrogens with zero attached hydrogens (tertiary/aromatic N) is 4. The van der Waals surface area contributed by atoms with Crippen molar-refractivity contribution in [2.45, 2.75) is 20.3 Å². The SMILES string of the molecule is CCNC(=O)N(C)c1c(CC)nc2ccc(C(=O)NCCN(C)C)cn12. The van der Waals surface area contributed by atoms with Crippen LogP contribution in [0.2, 0.25) is 0 Å². The summed E-state index contributed by atoms with van der Waals surface area (Å²) in [5.41, 5.74) is 2.05. The lowest BCUT2D eigenvalue weighted by Crippen LogP contribution is -2.38. The van der Waals surface area contributed by atoms with Crippen LogP contribution in [-0.4, -0.2) is 67.0 Å². The summed E-state index contributed by atoms with van der Waals surface area (Å²) < 4.78 is 1.80. The molecule has 0 radical (unpaired) electrons. The first kappa shape index (κ1) is 19.7.